The molecule has 2 nitrogen and oxygen atoms in total. The van der Waals surface area contributed by atoms with Crippen LogP contribution in [0.5, 0.6) is 5.75 Å². The van der Waals surface area contributed by atoms with E-state index >= 15 is 0 Å². The maximum Gasteiger partial charge on any atom is 0.118 e. The zero-order valence-corrected chi connectivity index (χ0v) is 8.25. The molecular weight excluding hydrogens is 176 g/mol. The van der Waals surface area contributed by atoms with Gasteiger partial charge in [0.15, 0.2) is 0 Å². The van der Waals surface area contributed by atoms with Crippen molar-refractivity contribution in [2.75, 3.05) is 13.7 Å². The predicted molar refractivity (Wildman–Crippen MR) is 54.4 cm³/mol. The van der Waals surface area contributed by atoms with Gasteiger partial charge in [0.2, 0.25) is 0 Å². The highest BCUT2D eigenvalue weighted by Gasteiger charge is 1.93. The van der Waals surface area contributed by atoms with Gasteiger partial charge in [-0.15, -0.1) is 0 Å². The van der Waals surface area contributed by atoms with Gasteiger partial charge in [-0.2, -0.15) is 0 Å². The van der Waals surface area contributed by atoms with E-state index in [1.807, 2.05) is 24.3 Å². The van der Waals surface area contributed by atoms with Gasteiger partial charge in [0.05, 0.1) is 20.3 Å². The van der Waals surface area contributed by atoms with E-state index < -0.39 is 0 Å². The summed E-state index contributed by atoms with van der Waals surface area (Å²) in [6.07, 6.45) is 7.24. The van der Waals surface area contributed by atoms with Crippen LogP contribution in [0.2, 0.25) is 0 Å². The van der Waals surface area contributed by atoms with Crippen LogP contribution in [0.1, 0.15) is 12.0 Å². The quantitative estimate of drug-likeness (QED) is 0.522. The Kier molecular flexibility index (Phi) is 4.60. The molecule has 0 aliphatic heterocycles. The van der Waals surface area contributed by atoms with Gasteiger partial charge in [-0.1, -0.05) is 18.1 Å². The Morgan fingerprint density at radius 1 is 1.29 bits per heavy atom. The predicted octanol–water partition coefficient (Wildman–Crippen LogP) is 2.19. The van der Waals surface area contributed by atoms with E-state index in [1.54, 1.807) is 7.11 Å². The van der Waals surface area contributed by atoms with Crippen LogP contribution in [-0.4, -0.2) is 13.7 Å². The van der Waals surface area contributed by atoms with Crippen molar-refractivity contribution in [3.63, 3.8) is 0 Å². The SMILES string of the molecule is [C]#CCCOCc1ccc(OC)cc1. The van der Waals surface area contributed by atoms with Crippen LogP contribution < -0.4 is 4.74 Å². The lowest BCUT2D eigenvalue weighted by Gasteiger charge is -2.03. The van der Waals surface area contributed by atoms with E-state index in [0.717, 1.165) is 11.3 Å². The fraction of sp³-hybridized carbons (Fsp3) is 0.333. The van der Waals surface area contributed by atoms with Crippen LogP contribution in [0.25, 0.3) is 0 Å². The first-order chi connectivity index (χ1) is 6.86. The Balaban J connectivity index is 2.33. The Labute approximate surface area is 84.8 Å². The molecule has 0 bridgehead atoms. The number of ether oxygens (including phenoxy) is 2. The minimum absolute atomic E-state index is 0.551. The lowest BCUT2D eigenvalue weighted by Crippen LogP contribution is -1.94. The first kappa shape index (κ1) is 10.6. The maximum atomic E-state index is 6.69. The molecule has 0 N–H and O–H groups in total. The van der Waals surface area contributed by atoms with Crippen molar-refractivity contribution < 1.29 is 9.47 Å². The molecule has 1 aromatic rings. The lowest BCUT2D eigenvalue weighted by molar-refractivity contribution is 0.126. The summed E-state index contributed by atoms with van der Waals surface area (Å²) in [6, 6.07) is 7.74. The second-order valence-electron chi connectivity index (χ2n) is 2.83. The summed E-state index contributed by atoms with van der Waals surface area (Å²) in [5.74, 6) is 3.13. The minimum atomic E-state index is 0.551. The summed E-state index contributed by atoms with van der Waals surface area (Å²) < 4.78 is 10.3. The van der Waals surface area contributed by atoms with Crippen molar-refractivity contribution in [3.05, 3.63) is 36.3 Å². The van der Waals surface area contributed by atoms with E-state index in [4.69, 9.17) is 15.9 Å². The fourth-order valence-corrected chi connectivity index (χ4v) is 1.03. The maximum absolute atomic E-state index is 6.69. The number of rotatable bonds is 5. The topological polar surface area (TPSA) is 18.5 Å². The molecule has 0 fully saturated rings. The van der Waals surface area contributed by atoms with Gasteiger partial charge in [-0.25, -0.2) is 0 Å². The first-order valence-electron chi connectivity index (χ1n) is 4.47. The normalized spacial score (nSPS) is 9.43. The number of hydrogen-bond donors (Lipinski definition) is 0. The third kappa shape index (κ3) is 3.51. The van der Waals surface area contributed by atoms with E-state index in [9.17, 15) is 0 Å². The molecule has 0 spiro atoms. The van der Waals surface area contributed by atoms with Gasteiger partial charge in [-0.3, -0.25) is 0 Å². The van der Waals surface area contributed by atoms with Crippen LogP contribution in [0, 0.1) is 12.3 Å². The van der Waals surface area contributed by atoms with Crippen molar-refractivity contribution in [3.8, 4) is 11.7 Å². The van der Waals surface area contributed by atoms with E-state index in [0.29, 0.717) is 19.6 Å². The molecule has 0 saturated carbocycles. The molecule has 2 heteroatoms. The van der Waals surface area contributed by atoms with Gasteiger partial charge in [-0.05, 0) is 24.1 Å². The summed E-state index contributed by atoms with van der Waals surface area (Å²) in [5.41, 5.74) is 1.11. The fourth-order valence-electron chi connectivity index (χ4n) is 1.03. The molecule has 14 heavy (non-hydrogen) atoms. The second kappa shape index (κ2) is 6.06. The Bertz CT molecular complexity index is 295. The molecule has 0 aliphatic rings. The molecule has 0 aliphatic carbocycles. The number of methoxy groups -OCH3 is 1. The molecule has 0 aromatic heterocycles. The van der Waals surface area contributed by atoms with Crippen molar-refractivity contribution in [1.29, 1.82) is 0 Å². The van der Waals surface area contributed by atoms with Gasteiger partial charge < -0.3 is 9.47 Å². The largest absolute Gasteiger partial charge is 0.497 e. The Hall–Kier alpha value is -1.46. The van der Waals surface area contributed by atoms with Gasteiger partial charge in [0.25, 0.3) is 0 Å². The van der Waals surface area contributed by atoms with Gasteiger partial charge in [0.1, 0.15) is 5.75 Å². The zero-order valence-electron chi connectivity index (χ0n) is 8.25. The van der Waals surface area contributed by atoms with Crippen molar-refractivity contribution in [2.24, 2.45) is 0 Å². The number of hydrogen-bond acceptors (Lipinski definition) is 2. The summed E-state index contributed by atoms with van der Waals surface area (Å²) in [6.45, 7) is 1.13. The minimum Gasteiger partial charge on any atom is -0.497 e. The highest BCUT2D eigenvalue weighted by molar-refractivity contribution is 5.26. The summed E-state index contributed by atoms with van der Waals surface area (Å²) in [4.78, 5) is 0. The van der Waals surface area contributed by atoms with E-state index in [1.165, 1.54) is 0 Å². The van der Waals surface area contributed by atoms with E-state index in [-0.39, 0.29) is 0 Å². The smallest absolute Gasteiger partial charge is 0.118 e. The number of benzene rings is 1. The molecule has 0 amide bonds. The summed E-state index contributed by atoms with van der Waals surface area (Å²) in [7, 11) is 1.64. The standard InChI is InChI=1S/C12H13O2/c1-3-4-9-14-10-11-5-7-12(13-2)8-6-11/h5-8H,4,9-10H2,2H3. The van der Waals surface area contributed by atoms with Crippen molar-refractivity contribution >= 4 is 0 Å². The first-order valence-corrected chi connectivity index (χ1v) is 4.47. The average molecular weight is 189 g/mol. The highest BCUT2D eigenvalue weighted by atomic mass is 16.5. The van der Waals surface area contributed by atoms with Gasteiger partial charge in [0, 0.05) is 6.42 Å². The van der Waals surface area contributed by atoms with Crippen LogP contribution in [0.4, 0.5) is 0 Å². The Morgan fingerprint density at radius 2 is 2.00 bits per heavy atom. The van der Waals surface area contributed by atoms with Crippen LogP contribution in [-0.2, 0) is 11.3 Å². The monoisotopic (exact) mass is 189 g/mol. The van der Waals surface area contributed by atoms with Crippen LogP contribution in [0.15, 0.2) is 24.3 Å². The molecule has 1 rings (SSSR count). The third-order valence-electron chi connectivity index (χ3n) is 1.80. The molecule has 0 heterocycles. The third-order valence-corrected chi connectivity index (χ3v) is 1.80. The van der Waals surface area contributed by atoms with Crippen molar-refractivity contribution in [1.82, 2.24) is 0 Å². The van der Waals surface area contributed by atoms with Crippen LogP contribution in [0.3, 0.4) is 0 Å². The molecule has 0 atom stereocenters. The second-order valence-corrected chi connectivity index (χ2v) is 2.83. The highest BCUT2D eigenvalue weighted by Crippen LogP contribution is 2.11. The van der Waals surface area contributed by atoms with Crippen molar-refractivity contribution in [2.45, 2.75) is 13.0 Å². The summed E-state index contributed by atoms with van der Waals surface area (Å²) >= 11 is 0. The molecule has 1 aromatic carbocycles. The summed E-state index contributed by atoms with van der Waals surface area (Å²) in [5, 5.41) is 0. The Morgan fingerprint density at radius 3 is 2.57 bits per heavy atom. The van der Waals surface area contributed by atoms with E-state index in [2.05, 4.69) is 5.92 Å². The molecular formula is C12H13O2. The lowest BCUT2D eigenvalue weighted by atomic mass is 10.2. The zero-order chi connectivity index (χ0) is 10.2. The van der Waals surface area contributed by atoms with Crippen LogP contribution >= 0.6 is 0 Å². The molecule has 73 valence electrons. The molecule has 0 saturated heterocycles. The molecule has 1 radical (unpaired) electrons. The average Bonchev–Trinajstić information content (AvgIpc) is 2.25. The molecule has 0 unspecified atom stereocenters. The van der Waals surface area contributed by atoms with Gasteiger partial charge >= 0.3 is 0 Å².